The van der Waals surface area contributed by atoms with Crippen molar-refractivity contribution in [1.82, 2.24) is 4.98 Å². The lowest BCUT2D eigenvalue weighted by molar-refractivity contribution is -0.137. The Kier molecular flexibility index (Phi) is 4.37. The van der Waals surface area contributed by atoms with Crippen molar-refractivity contribution < 1.29 is 17.9 Å². The zero-order chi connectivity index (χ0) is 15.6. The Bertz CT molecular complexity index is 657. The summed E-state index contributed by atoms with van der Waals surface area (Å²) in [5.74, 6) is 0.751. The van der Waals surface area contributed by atoms with E-state index < -0.39 is 11.7 Å². The number of thiazole rings is 1. The molecule has 0 amide bonds. The second kappa shape index (κ2) is 5.89. The highest BCUT2D eigenvalue weighted by molar-refractivity contribution is 7.16. The Morgan fingerprint density at radius 1 is 1.24 bits per heavy atom. The first kappa shape index (κ1) is 15.6. The number of halogens is 3. The standard InChI is InChI=1S/C15H14F3NOS/c1-9(20-3)8-13-10(2)19-14(21-13)11-4-6-12(7-5-11)15(16,17)18/h4-8H,1-3H3. The third kappa shape index (κ3) is 3.64. The van der Waals surface area contributed by atoms with Crippen LogP contribution in [0.25, 0.3) is 16.6 Å². The van der Waals surface area contributed by atoms with Gasteiger partial charge >= 0.3 is 6.18 Å². The number of aryl methyl sites for hydroxylation is 1. The van der Waals surface area contributed by atoms with Crippen LogP contribution in [-0.2, 0) is 10.9 Å². The molecule has 0 fully saturated rings. The van der Waals surface area contributed by atoms with Crippen LogP contribution in [0.15, 0.2) is 30.0 Å². The summed E-state index contributed by atoms with van der Waals surface area (Å²) in [6, 6.07) is 5.03. The van der Waals surface area contributed by atoms with E-state index in [2.05, 4.69) is 4.98 Å². The van der Waals surface area contributed by atoms with Gasteiger partial charge in [0.25, 0.3) is 0 Å². The van der Waals surface area contributed by atoms with Crippen LogP contribution in [0.5, 0.6) is 0 Å². The van der Waals surface area contributed by atoms with Gasteiger partial charge in [-0.05, 0) is 32.1 Å². The first-order valence-electron chi connectivity index (χ1n) is 6.18. The molecule has 0 unspecified atom stereocenters. The Hall–Kier alpha value is -1.82. The maximum Gasteiger partial charge on any atom is 0.416 e. The molecule has 0 bridgehead atoms. The summed E-state index contributed by atoms with van der Waals surface area (Å²) in [5.41, 5.74) is 0.840. The molecule has 6 heteroatoms. The molecule has 0 saturated carbocycles. The normalized spacial score (nSPS) is 12.6. The van der Waals surface area contributed by atoms with Gasteiger partial charge in [0.1, 0.15) is 5.01 Å². The van der Waals surface area contributed by atoms with Crippen LogP contribution < -0.4 is 0 Å². The lowest BCUT2D eigenvalue weighted by Crippen LogP contribution is -2.03. The zero-order valence-corrected chi connectivity index (χ0v) is 12.6. The molecule has 2 aromatic rings. The van der Waals surface area contributed by atoms with Gasteiger partial charge in [0.15, 0.2) is 0 Å². The predicted octanol–water partition coefficient (Wildman–Crippen LogP) is 5.14. The first-order valence-corrected chi connectivity index (χ1v) is 7.00. The molecule has 2 nitrogen and oxygen atoms in total. The van der Waals surface area contributed by atoms with E-state index in [1.54, 1.807) is 7.11 Å². The number of hydrogen-bond donors (Lipinski definition) is 0. The van der Waals surface area contributed by atoms with Crippen LogP contribution in [0.3, 0.4) is 0 Å². The van der Waals surface area contributed by atoms with Crippen molar-refractivity contribution >= 4 is 17.4 Å². The van der Waals surface area contributed by atoms with Crippen molar-refractivity contribution in [2.75, 3.05) is 7.11 Å². The molecule has 0 spiro atoms. The fraction of sp³-hybridized carbons (Fsp3) is 0.267. The van der Waals surface area contributed by atoms with E-state index in [0.29, 0.717) is 10.6 Å². The van der Waals surface area contributed by atoms with Gasteiger partial charge in [0.05, 0.1) is 29.0 Å². The van der Waals surface area contributed by atoms with E-state index in [0.717, 1.165) is 28.5 Å². The van der Waals surface area contributed by atoms with Gasteiger partial charge in [-0.3, -0.25) is 0 Å². The minimum absolute atomic E-state index is 0.658. The Morgan fingerprint density at radius 2 is 1.86 bits per heavy atom. The number of ether oxygens (including phenoxy) is 1. The predicted molar refractivity (Wildman–Crippen MR) is 77.9 cm³/mol. The maximum atomic E-state index is 12.5. The molecule has 21 heavy (non-hydrogen) atoms. The monoisotopic (exact) mass is 313 g/mol. The van der Waals surface area contributed by atoms with Crippen LogP contribution >= 0.6 is 11.3 Å². The average Bonchev–Trinajstić information content (AvgIpc) is 2.79. The Balaban J connectivity index is 2.33. The van der Waals surface area contributed by atoms with Crippen molar-refractivity contribution in [2.45, 2.75) is 20.0 Å². The molecule has 1 aromatic heterocycles. The highest BCUT2D eigenvalue weighted by atomic mass is 32.1. The topological polar surface area (TPSA) is 22.1 Å². The van der Waals surface area contributed by atoms with Crippen LogP contribution in [0.2, 0.25) is 0 Å². The number of benzene rings is 1. The summed E-state index contributed by atoms with van der Waals surface area (Å²) in [6.07, 6.45) is -2.46. The number of methoxy groups -OCH3 is 1. The number of nitrogens with zero attached hydrogens (tertiary/aromatic N) is 1. The average molecular weight is 313 g/mol. The van der Waals surface area contributed by atoms with E-state index in [4.69, 9.17) is 4.74 Å². The van der Waals surface area contributed by atoms with E-state index in [-0.39, 0.29) is 0 Å². The third-order valence-corrected chi connectivity index (χ3v) is 4.10. The zero-order valence-electron chi connectivity index (χ0n) is 11.8. The van der Waals surface area contributed by atoms with Gasteiger partial charge in [-0.2, -0.15) is 13.2 Å². The molecule has 0 radical (unpaired) electrons. The molecule has 0 aliphatic rings. The summed E-state index contributed by atoms with van der Waals surface area (Å²) in [4.78, 5) is 5.33. The molecule has 0 atom stereocenters. The second-order valence-corrected chi connectivity index (χ2v) is 5.53. The van der Waals surface area contributed by atoms with Crippen LogP contribution in [0.4, 0.5) is 13.2 Å². The SMILES string of the molecule is COC(C)=Cc1sc(-c2ccc(C(F)(F)F)cc2)nc1C. The van der Waals surface area contributed by atoms with Gasteiger partial charge in [0, 0.05) is 5.56 Å². The molecule has 2 rings (SSSR count). The lowest BCUT2D eigenvalue weighted by Gasteiger charge is -2.06. The lowest BCUT2D eigenvalue weighted by atomic mass is 10.1. The minimum Gasteiger partial charge on any atom is -0.501 e. The molecule has 0 aliphatic heterocycles. The van der Waals surface area contributed by atoms with Crippen molar-refractivity contribution in [3.05, 3.63) is 46.2 Å². The van der Waals surface area contributed by atoms with Crippen molar-refractivity contribution in [1.29, 1.82) is 0 Å². The summed E-state index contributed by atoms with van der Waals surface area (Å²) in [5, 5.41) is 0.691. The third-order valence-electron chi connectivity index (χ3n) is 2.95. The molecule has 112 valence electrons. The first-order chi connectivity index (χ1) is 9.81. The van der Waals surface area contributed by atoms with Gasteiger partial charge in [-0.15, -0.1) is 11.3 Å². The number of alkyl halides is 3. The number of allylic oxidation sites excluding steroid dienone is 1. The fourth-order valence-corrected chi connectivity index (χ4v) is 2.77. The Morgan fingerprint density at radius 3 is 2.38 bits per heavy atom. The number of aromatic nitrogens is 1. The van der Waals surface area contributed by atoms with E-state index in [1.807, 2.05) is 19.9 Å². The summed E-state index contributed by atoms with van der Waals surface area (Å²) >= 11 is 1.42. The molecule has 1 heterocycles. The highest BCUT2D eigenvalue weighted by Gasteiger charge is 2.30. The highest BCUT2D eigenvalue weighted by Crippen LogP contribution is 2.33. The van der Waals surface area contributed by atoms with Gasteiger partial charge in [0.2, 0.25) is 0 Å². The number of rotatable bonds is 3. The molecule has 1 aromatic carbocycles. The van der Waals surface area contributed by atoms with E-state index in [9.17, 15) is 13.2 Å². The molecule has 0 saturated heterocycles. The Labute approximate surface area is 124 Å². The van der Waals surface area contributed by atoms with Gasteiger partial charge in [-0.25, -0.2) is 4.98 Å². The van der Waals surface area contributed by atoms with Crippen LogP contribution in [0, 0.1) is 6.92 Å². The summed E-state index contributed by atoms with van der Waals surface area (Å²) in [7, 11) is 1.58. The molecule has 0 N–H and O–H groups in total. The summed E-state index contributed by atoms with van der Waals surface area (Å²) < 4.78 is 42.7. The van der Waals surface area contributed by atoms with Gasteiger partial charge < -0.3 is 4.74 Å². The van der Waals surface area contributed by atoms with E-state index >= 15 is 0 Å². The minimum atomic E-state index is -4.32. The van der Waals surface area contributed by atoms with E-state index in [1.165, 1.54) is 23.5 Å². The van der Waals surface area contributed by atoms with Crippen molar-refractivity contribution in [3.63, 3.8) is 0 Å². The largest absolute Gasteiger partial charge is 0.501 e. The van der Waals surface area contributed by atoms with Crippen LogP contribution in [0.1, 0.15) is 23.1 Å². The summed E-state index contributed by atoms with van der Waals surface area (Å²) in [6.45, 7) is 3.69. The maximum absolute atomic E-state index is 12.5. The molecular weight excluding hydrogens is 299 g/mol. The fourth-order valence-electron chi connectivity index (χ4n) is 1.71. The van der Waals surface area contributed by atoms with Crippen molar-refractivity contribution in [3.8, 4) is 10.6 Å². The second-order valence-electron chi connectivity index (χ2n) is 4.50. The quantitative estimate of drug-likeness (QED) is 0.732. The number of hydrogen-bond acceptors (Lipinski definition) is 3. The molecular formula is C15H14F3NOS. The van der Waals surface area contributed by atoms with Crippen molar-refractivity contribution in [2.24, 2.45) is 0 Å². The van der Waals surface area contributed by atoms with Crippen LogP contribution in [-0.4, -0.2) is 12.1 Å². The molecule has 0 aliphatic carbocycles. The smallest absolute Gasteiger partial charge is 0.416 e. The van der Waals surface area contributed by atoms with Gasteiger partial charge in [-0.1, -0.05) is 12.1 Å².